The van der Waals surface area contributed by atoms with Gasteiger partial charge < -0.3 is 15.0 Å². The number of carbonyl (C=O) groups is 2. The van der Waals surface area contributed by atoms with Crippen molar-refractivity contribution in [1.29, 1.82) is 0 Å². The van der Waals surface area contributed by atoms with Crippen LogP contribution in [0.15, 0.2) is 112 Å². The summed E-state index contributed by atoms with van der Waals surface area (Å²) in [5.74, 6) is -0.850. The Kier molecular flexibility index (Phi) is 12.9. The number of unbranched alkanes of at least 4 members (excludes halogenated alkanes) is 1. The van der Waals surface area contributed by atoms with Crippen LogP contribution in [-0.2, 0) is 32.6 Å². The minimum Gasteiger partial charge on any atom is -0.494 e. The quantitative estimate of drug-likeness (QED) is 0.129. The number of nitrogens with zero attached hydrogens (tertiary/aromatic N) is 2. The van der Waals surface area contributed by atoms with E-state index in [0.29, 0.717) is 28.9 Å². The van der Waals surface area contributed by atoms with Gasteiger partial charge in [0.25, 0.3) is 10.0 Å². The molecule has 0 saturated carbocycles. The smallest absolute Gasteiger partial charge is 0.264 e. The fraction of sp³-hybridized carbons (Fsp3) is 0.278. The molecule has 0 saturated heterocycles. The van der Waals surface area contributed by atoms with Gasteiger partial charge in [0.1, 0.15) is 24.2 Å². The van der Waals surface area contributed by atoms with Crippen LogP contribution in [0.1, 0.15) is 37.8 Å². The summed E-state index contributed by atoms with van der Waals surface area (Å²) < 4.78 is 49.5. The molecule has 0 unspecified atom stereocenters. The molecular formula is C36H39BrFN3O5S. The van der Waals surface area contributed by atoms with E-state index in [1.807, 2.05) is 44.2 Å². The minimum atomic E-state index is -4.25. The molecule has 248 valence electrons. The second kappa shape index (κ2) is 17.1. The fourth-order valence-corrected chi connectivity index (χ4v) is 6.66. The third-order valence-corrected chi connectivity index (χ3v) is 9.80. The Morgan fingerprint density at radius 2 is 1.53 bits per heavy atom. The van der Waals surface area contributed by atoms with E-state index in [-0.39, 0.29) is 29.5 Å². The summed E-state index contributed by atoms with van der Waals surface area (Å²) in [5.41, 5.74) is 1.66. The summed E-state index contributed by atoms with van der Waals surface area (Å²) in [5, 5.41) is 2.96. The van der Waals surface area contributed by atoms with Crippen LogP contribution in [-0.4, -0.2) is 50.9 Å². The van der Waals surface area contributed by atoms with Crippen LogP contribution in [0.2, 0.25) is 0 Å². The van der Waals surface area contributed by atoms with Gasteiger partial charge in [0, 0.05) is 24.0 Å². The van der Waals surface area contributed by atoms with Crippen molar-refractivity contribution in [2.24, 2.45) is 0 Å². The standard InChI is InChI=1S/C36H39BrFN3O5S/c1-3-5-23-39-36(43)34(24-27-9-7-6-8-10-27)40(25-28-11-15-30(38)16-12-28)35(42)26-41(31-17-19-32(20-18-31)46-4-2)47(44,45)33-21-13-29(37)14-22-33/h6-22,34H,3-5,23-26H2,1-2H3,(H,39,43)/t34-/m0/s1. The first-order valence-electron chi connectivity index (χ1n) is 15.5. The van der Waals surface area contributed by atoms with Gasteiger partial charge in [-0.15, -0.1) is 0 Å². The molecule has 0 aliphatic carbocycles. The van der Waals surface area contributed by atoms with Crippen LogP contribution in [0.4, 0.5) is 10.1 Å². The number of benzene rings is 4. The van der Waals surface area contributed by atoms with Crippen molar-refractivity contribution >= 4 is 43.5 Å². The lowest BCUT2D eigenvalue weighted by atomic mass is 10.0. The molecule has 0 aliphatic heterocycles. The highest BCUT2D eigenvalue weighted by molar-refractivity contribution is 9.10. The zero-order valence-electron chi connectivity index (χ0n) is 26.4. The highest BCUT2D eigenvalue weighted by Crippen LogP contribution is 2.28. The van der Waals surface area contributed by atoms with Gasteiger partial charge in [0.15, 0.2) is 0 Å². The van der Waals surface area contributed by atoms with Gasteiger partial charge in [-0.2, -0.15) is 0 Å². The number of hydrogen-bond donors (Lipinski definition) is 1. The maximum Gasteiger partial charge on any atom is 0.264 e. The normalized spacial score (nSPS) is 11.8. The van der Waals surface area contributed by atoms with Crippen LogP contribution >= 0.6 is 15.9 Å². The number of carbonyl (C=O) groups excluding carboxylic acids is 2. The zero-order chi connectivity index (χ0) is 33.8. The number of nitrogens with one attached hydrogen (secondary N) is 1. The van der Waals surface area contributed by atoms with E-state index in [4.69, 9.17) is 4.74 Å². The van der Waals surface area contributed by atoms with Crippen LogP contribution in [0.25, 0.3) is 0 Å². The van der Waals surface area contributed by atoms with Crippen LogP contribution in [0.3, 0.4) is 0 Å². The van der Waals surface area contributed by atoms with E-state index >= 15 is 0 Å². The molecule has 1 atom stereocenters. The third-order valence-electron chi connectivity index (χ3n) is 7.48. The molecule has 0 radical (unpaired) electrons. The number of amides is 2. The second-order valence-corrected chi connectivity index (χ2v) is 13.7. The number of halogens is 2. The summed E-state index contributed by atoms with van der Waals surface area (Å²) in [4.78, 5) is 29.7. The Morgan fingerprint density at radius 3 is 2.15 bits per heavy atom. The molecule has 0 fully saturated rings. The fourth-order valence-electron chi connectivity index (χ4n) is 4.98. The second-order valence-electron chi connectivity index (χ2n) is 10.9. The lowest BCUT2D eigenvalue weighted by molar-refractivity contribution is -0.140. The largest absolute Gasteiger partial charge is 0.494 e. The van der Waals surface area contributed by atoms with Gasteiger partial charge in [0.2, 0.25) is 11.8 Å². The van der Waals surface area contributed by atoms with Crippen molar-refractivity contribution in [1.82, 2.24) is 10.2 Å². The first kappa shape index (κ1) is 35.6. The Morgan fingerprint density at radius 1 is 0.872 bits per heavy atom. The molecular weight excluding hydrogens is 685 g/mol. The molecule has 47 heavy (non-hydrogen) atoms. The van der Waals surface area contributed by atoms with E-state index in [1.165, 1.54) is 29.2 Å². The molecule has 4 rings (SSSR count). The SMILES string of the molecule is CCCCNC(=O)[C@H](Cc1ccccc1)N(Cc1ccc(F)cc1)C(=O)CN(c1ccc(OCC)cc1)S(=O)(=O)c1ccc(Br)cc1. The van der Waals surface area contributed by atoms with Crippen molar-refractivity contribution in [3.05, 3.63) is 125 Å². The summed E-state index contributed by atoms with van der Waals surface area (Å²) in [7, 11) is -4.25. The highest BCUT2D eigenvalue weighted by atomic mass is 79.9. The highest BCUT2D eigenvalue weighted by Gasteiger charge is 2.34. The molecule has 1 N–H and O–H groups in total. The molecule has 0 spiro atoms. The Labute approximate surface area is 284 Å². The molecule has 4 aromatic rings. The van der Waals surface area contributed by atoms with E-state index < -0.39 is 34.3 Å². The lowest BCUT2D eigenvalue weighted by Gasteiger charge is -2.34. The average molecular weight is 725 g/mol. The number of hydrogen-bond acceptors (Lipinski definition) is 5. The van der Waals surface area contributed by atoms with Gasteiger partial charge >= 0.3 is 0 Å². The number of ether oxygens (including phenoxy) is 1. The van der Waals surface area contributed by atoms with Gasteiger partial charge in [0.05, 0.1) is 17.2 Å². The van der Waals surface area contributed by atoms with Gasteiger partial charge in [-0.25, -0.2) is 12.8 Å². The molecule has 0 bridgehead atoms. The maximum absolute atomic E-state index is 14.5. The van der Waals surface area contributed by atoms with E-state index in [0.717, 1.165) is 22.7 Å². The summed E-state index contributed by atoms with van der Waals surface area (Å²) >= 11 is 3.35. The minimum absolute atomic E-state index is 0.00869. The molecule has 0 heterocycles. The van der Waals surface area contributed by atoms with Gasteiger partial charge in [-0.05, 0) is 85.1 Å². The van der Waals surface area contributed by atoms with E-state index in [9.17, 15) is 22.4 Å². The molecule has 2 amide bonds. The predicted octanol–water partition coefficient (Wildman–Crippen LogP) is 6.74. The molecule has 8 nitrogen and oxygen atoms in total. The molecule has 0 aromatic heterocycles. The lowest BCUT2D eigenvalue weighted by Crippen LogP contribution is -2.53. The summed E-state index contributed by atoms with van der Waals surface area (Å²) in [6.45, 7) is 4.07. The number of anilines is 1. The predicted molar refractivity (Wildman–Crippen MR) is 185 cm³/mol. The molecule has 0 aliphatic rings. The Bertz CT molecular complexity index is 1700. The summed E-state index contributed by atoms with van der Waals surface area (Å²) in [6, 6.07) is 26.6. The Balaban J connectivity index is 1.78. The molecule has 11 heteroatoms. The van der Waals surface area contributed by atoms with Crippen LogP contribution in [0, 0.1) is 5.82 Å². The van der Waals surface area contributed by atoms with Gasteiger partial charge in [-0.3, -0.25) is 13.9 Å². The van der Waals surface area contributed by atoms with Crippen molar-refractivity contribution in [3.63, 3.8) is 0 Å². The van der Waals surface area contributed by atoms with Gasteiger partial charge in [-0.1, -0.05) is 71.7 Å². The van der Waals surface area contributed by atoms with E-state index in [2.05, 4.69) is 21.2 Å². The first-order valence-corrected chi connectivity index (χ1v) is 17.7. The van der Waals surface area contributed by atoms with Crippen molar-refractivity contribution in [3.8, 4) is 5.75 Å². The van der Waals surface area contributed by atoms with E-state index in [1.54, 1.807) is 48.5 Å². The Hall–Kier alpha value is -4.22. The molecule has 4 aromatic carbocycles. The monoisotopic (exact) mass is 723 g/mol. The van der Waals surface area contributed by atoms with Crippen molar-refractivity contribution < 1.29 is 27.1 Å². The third kappa shape index (κ3) is 9.89. The van der Waals surface area contributed by atoms with Crippen LogP contribution in [0.5, 0.6) is 5.75 Å². The first-order chi connectivity index (χ1) is 22.6. The number of sulfonamides is 1. The topological polar surface area (TPSA) is 96.0 Å². The number of rotatable bonds is 16. The maximum atomic E-state index is 14.5. The average Bonchev–Trinajstić information content (AvgIpc) is 3.07. The zero-order valence-corrected chi connectivity index (χ0v) is 28.8. The van der Waals surface area contributed by atoms with Crippen molar-refractivity contribution in [2.45, 2.75) is 50.6 Å². The summed E-state index contributed by atoms with van der Waals surface area (Å²) in [6.07, 6.45) is 1.81. The van der Waals surface area contributed by atoms with Crippen LogP contribution < -0.4 is 14.4 Å². The van der Waals surface area contributed by atoms with Crippen molar-refractivity contribution in [2.75, 3.05) is 24.0 Å².